The van der Waals surface area contributed by atoms with Gasteiger partial charge in [0, 0.05) is 29.9 Å². The second-order valence-corrected chi connectivity index (χ2v) is 6.22. The van der Waals surface area contributed by atoms with Crippen molar-refractivity contribution in [3.05, 3.63) is 42.1 Å². The zero-order valence-corrected chi connectivity index (χ0v) is 11.7. The van der Waals surface area contributed by atoms with Crippen molar-refractivity contribution in [1.29, 1.82) is 0 Å². The predicted octanol–water partition coefficient (Wildman–Crippen LogP) is 3.42. The third-order valence-corrected chi connectivity index (χ3v) is 3.62. The van der Waals surface area contributed by atoms with E-state index in [0.717, 1.165) is 25.2 Å². The van der Waals surface area contributed by atoms with Crippen LogP contribution in [0.15, 0.2) is 36.5 Å². The summed E-state index contributed by atoms with van der Waals surface area (Å²) in [6.07, 6.45) is 1.15. The summed E-state index contributed by atoms with van der Waals surface area (Å²) in [6, 6.07) is 8.58. The Balaban J connectivity index is 1.89. The molecule has 1 unspecified atom stereocenters. The number of benzene rings is 1. The third kappa shape index (κ3) is 3.06. The molecule has 2 heteroatoms. The van der Waals surface area contributed by atoms with E-state index < -0.39 is 0 Å². The molecule has 0 saturated heterocycles. The lowest BCUT2D eigenvalue weighted by Crippen LogP contribution is -2.34. The average Bonchev–Trinajstić information content (AvgIpc) is 2.34. The SMILES string of the molecule is C=C(NCC1CNc2ccccc2C1)C(C)(C)C. The lowest BCUT2D eigenvalue weighted by Gasteiger charge is -2.29. The first-order chi connectivity index (χ1) is 8.47. The fourth-order valence-corrected chi connectivity index (χ4v) is 2.19. The van der Waals surface area contributed by atoms with Crippen LogP contribution in [0.3, 0.4) is 0 Å². The lowest BCUT2D eigenvalue weighted by atomic mass is 9.91. The Hall–Kier alpha value is -1.44. The van der Waals surface area contributed by atoms with Crippen molar-refractivity contribution in [2.75, 3.05) is 18.4 Å². The molecule has 1 aromatic carbocycles. The fourth-order valence-electron chi connectivity index (χ4n) is 2.19. The largest absolute Gasteiger partial charge is 0.388 e. The van der Waals surface area contributed by atoms with Crippen molar-refractivity contribution in [1.82, 2.24) is 5.32 Å². The maximum Gasteiger partial charge on any atom is 0.0372 e. The Labute approximate surface area is 110 Å². The number of hydrogen-bond acceptors (Lipinski definition) is 2. The van der Waals surface area contributed by atoms with Crippen molar-refractivity contribution in [3.8, 4) is 0 Å². The Bertz CT molecular complexity index is 429. The topological polar surface area (TPSA) is 24.1 Å². The van der Waals surface area contributed by atoms with Gasteiger partial charge in [-0.3, -0.25) is 0 Å². The van der Waals surface area contributed by atoms with Crippen molar-refractivity contribution >= 4 is 5.69 Å². The zero-order valence-electron chi connectivity index (χ0n) is 11.7. The van der Waals surface area contributed by atoms with Crippen LogP contribution in [0.5, 0.6) is 0 Å². The molecule has 1 aliphatic rings. The van der Waals surface area contributed by atoms with E-state index in [1.807, 2.05) is 0 Å². The van der Waals surface area contributed by atoms with Gasteiger partial charge in [-0.15, -0.1) is 0 Å². The summed E-state index contributed by atoms with van der Waals surface area (Å²) in [7, 11) is 0. The summed E-state index contributed by atoms with van der Waals surface area (Å²) in [6.45, 7) is 12.7. The molecular weight excluding hydrogens is 220 g/mol. The summed E-state index contributed by atoms with van der Waals surface area (Å²) < 4.78 is 0. The minimum absolute atomic E-state index is 0.139. The van der Waals surface area contributed by atoms with Gasteiger partial charge in [0.15, 0.2) is 0 Å². The molecule has 1 aromatic rings. The van der Waals surface area contributed by atoms with Gasteiger partial charge in [-0.1, -0.05) is 45.5 Å². The highest BCUT2D eigenvalue weighted by atomic mass is 14.9. The molecule has 2 nitrogen and oxygen atoms in total. The van der Waals surface area contributed by atoms with Crippen LogP contribution >= 0.6 is 0 Å². The molecular formula is C16H24N2. The highest BCUT2D eigenvalue weighted by Crippen LogP contribution is 2.25. The predicted molar refractivity (Wildman–Crippen MR) is 78.7 cm³/mol. The lowest BCUT2D eigenvalue weighted by molar-refractivity contribution is 0.429. The highest BCUT2D eigenvalue weighted by Gasteiger charge is 2.20. The third-order valence-electron chi connectivity index (χ3n) is 3.62. The molecule has 0 spiro atoms. The van der Waals surface area contributed by atoms with Crippen LogP contribution in [0.4, 0.5) is 5.69 Å². The minimum atomic E-state index is 0.139. The second-order valence-electron chi connectivity index (χ2n) is 6.22. The van der Waals surface area contributed by atoms with Crippen LogP contribution in [0.25, 0.3) is 0 Å². The van der Waals surface area contributed by atoms with Crippen LogP contribution in [-0.2, 0) is 6.42 Å². The molecule has 1 heterocycles. The Kier molecular flexibility index (Phi) is 3.65. The zero-order chi connectivity index (χ0) is 13.2. The number of fused-ring (bicyclic) bond motifs is 1. The van der Waals surface area contributed by atoms with Crippen LogP contribution in [0, 0.1) is 11.3 Å². The van der Waals surface area contributed by atoms with Crippen LogP contribution in [0.1, 0.15) is 26.3 Å². The van der Waals surface area contributed by atoms with Gasteiger partial charge in [-0.25, -0.2) is 0 Å². The number of rotatable bonds is 3. The van der Waals surface area contributed by atoms with Gasteiger partial charge in [-0.05, 0) is 24.0 Å². The monoisotopic (exact) mass is 244 g/mol. The maximum absolute atomic E-state index is 4.12. The van der Waals surface area contributed by atoms with Crippen molar-refractivity contribution < 1.29 is 0 Å². The number of allylic oxidation sites excluding steroid dienone is 1. The summed E-state index contributed by atoms with van der Waals surface area (Å²) >= 11 is 0. The van der Waals surface area contributed by atoms with Gasteiger partial charge in [-0.2, -0.15) is 0 Å². The molecule has 0 amide bonds. The molecule has 0 aromatic heterocycles. The first kappa shape index (κ1) is 13.0. The van der Waals surface area contributed by atoms with Crippen molar-refractivity contribution in [3.63, 3.8) is 0 Å². The van der Waals surface area contributed by atoms with Gasteiger partial charge in [0.2, 0.25) is 0 Å². The number of hydrogen-bond donors (Lipinski definition) is 2. The smallest absolute Gasteiger partial charge is 0.0372 e. The van der Waals surface area contributed by atoms with E-state index in [9.17, 15) is 0 Å². The van der Waals surface area contributed by atoms with Gasteiger partial charge < -0.3 is 10.6 Å². The molecule has 0 saturated carbocycles. The molecule has 0 radical (unpaired) electrons. The standard InChI is InChI=1S/C16H24N2/c1-12(16(2,3)4)17-10-13-9-14-7-5-6-8-15(14)18-11-13/h5-8,13,17-18H,1,9-11H2,2-4H3. The van der Waals surface area contributed by atoms with Gasteiger partial charge >= 0.3 is 0 Å². The van der Waals surface area contributed by atoms with Gasteiger partial charge in [0.1, 0.15) is 0 Å². The molecule has 1 atom stereocenters. The molecule has 1 aliphatic heterocycles. The Morgan fingerprint density at radius 3 is 2.83 bits per heavy atom. The minimum Gasteiger partial charge on any atom is -0.388 e. The van der Waals surface area contributed by atoms with E-state index in [1.165, 1.54) is 11.3 Å². The molecule has 0 bridgehead atoms. The fraction of sp³-hybridized carbons (Fsp3) is 0.500. The summed E-state index contributed by atoms with van der Waals surface area (Å²) in [4.78, 5) is 0. The van der Waals surface area contributed by atoms with E-state index in [2.05, 4.69) is 62.2 Å². The Morgan fingerprint density at radius 1 is 1.39 bits per heavy atom. The molecule has 98 valence electrons. The second kappa shape index (κ2) is 5.05. The molecule has 2 rings (SSSR count). The molecule has 18 heavy (non-hydrogen) atoms. The highest BCUT2D eigenvalue weighted by molar-refractivity contribution is 5.53. The summed E-state index contributed by atoms with van der Waals surface area (Å²) in [5.41, 5.74) is 3.99. The number of nitrogens with one attached hydrogen (secondary N) is 2. The van der Waals surface area contributed by atoms with Crippen LogP contribution < -0.4 is 10.6 Å². The van der Waals surface area contributed by atoms with E-state index in [4.69, 9.17) is 0 Å². The van der Waals surface area contributed by atoms with E-state index in [-0.39, 0.29) is 5.41 Å². The average molecular weight is 244 g/mol. The molecule has 2 N–H and O–H groups in total. The van der Waals surface area contributed by atoms with Crippen molar-refractivity contribution in [2.24, 2.45) is 11.3 Å². The number of para-hydroxylation sites is 1. The number of anilines is 1. The molecule has 0 fully saturated rings. The first-order valence-corrected chi connectivity index (χ1v) is 6.72. The quantitative estimate of drug-likeness (QED) is 0.851. The van der Waals surface area contributed by atoms with E-state index in [1.54, 1.807) is 0 Å². The van der Waals surface area contributed by atoms with E-state index >= 15 is 0 Å². The van der Waals surface area contributed by atoms with Gasteiger partial charge in [0.25, 0.3) is 0 Å². The molecule has 0 aliphatic carbocycles. The summed E-state index contributed by atoms with van der Waals surface area (Å²) in [5, 5.41) is 6.99. The first-order valence-electron chi connectivity index (χ1n) is 6.72. The van der Waals surface area contributed by atoms with Crippen molar-refractivity contribution in [2.45, 2.75) is 27.2 Å². The van der Waals surface area contributed by atoms with Gasteiger partial charge in [0.05, 0.1) is 0 Å². The maximum atomic E-state index is 4.12. The Morgan fingerprint density at radius 2 is 2.11 bits per heavy atom. The van der Waals surface area contributed by atoms with Crippen LogP contribution in [0.2, 0.25) is 0 Å². The van der Waals surface area contributed by atoms with E-state index in [0.29, 0.717) is 5.92 Å². The van der Waals surface area contributed by atoms with Crippen LogP contribution in [-0.4, -0.2) is 13.1 Å². The normalized spacial score (nSPS) is 18.7. The summed E-state index contributed by atoms with van der Waals surface area (Å²) in [5.74, 6) is 0.638.